The van der Waals surface area contributed by atoms with E-state index in [-0.39, 0.29) is 17.6 Å². The second-order valence-electron chi connectivity index (χ2n) is 7.75. The van der Waals surface area contributed by atoms with Crippen molar-refractivity contribution in [3.8, 4) is 0 Å². The molecular weight excluding hydrogens is 395 g/mol. The molecule has 1 aromatic carbocycles. The van der Waals surface area contributed by atoms with Crippen molar-refractivity contribution in [3.63, 3.8) is 0 Å². The Bertz CT molecular complexity index is 740. The Balaban J connectivity index is 1.38. The number of Topliss-reactive ketones (excluding diaryl/α,β-unsaturated/α-hetero) is 1. The van der Waals surface area contributed by atoms with Crippen molar-refractivity contribution in [3.05, 3.63) is 45.5 Å². The van der Waals surface area contributed by atoms with Gasteiger partial charge in [-0.05, 0) is 76.2 Å². The number of carbonyl (C=O) groups is 2. The van der Waals surface area contributed by atoms with E-state index in [0.717, 1.165) is 38.9 Å². The standard InChI is InChI=1S/C22H28Cl2N2O2/c23-19-7-6-18(14-20(19)24)22(28)17-9-12-26(13-10-17)15-21(27)25-11-8-16-4-2-1-3-5-16/h4,6-7,14,17H,1-3,5,8-13,15H2,(H,25,27). The normalized spacial score (nSPS) is 18.6. The molecule has 3 rings (SSSR count). The van der Waals surface area contributed by atoms with Crippen LogP contribution in [0.1, 0.15) is 55.3 Å². The summed E-state index contributed by atoms with van der Waals surface area (Å²) in [6.07, 6.45) is 9.74. The molecule has 1 aliphatic heterocycles. The number of allylic oxidation sites excluding steroid dienone is 1. The predicted octanol–water partition coefficient (Wildman–Crippen LogP) is 4.89. The number of hydrogen-bond acceptors (Lipinski definition) is 3. The molecule has 1 saturated heterocycles. The second kappa shape index (κ2) is 10.4. The van der Waals surface area contributed by atoms with Crippen molar-refractivity contribution in [2.24, 2.45) is 5.92 Å². The maximum Gasteiger partial charge on any atom is 0.234 e. The highest BCUT2D eigenvalue weighted by Crippen LogP contribution is 2.27. The number of rotatable bonds is 7. The lowest BCUT2D eigenvalue weighted by Gasteiger charge is -2.30. The van der Waals surface area contributed by atoms with E-state index in [2.05, 4.69) is 16.3 Å². The summed E-state index contributed by atoms with van der Waals surface area (Å²) in [6, 6.07) is 5.05. The Morgan fingerprint density at radius 1 is 1.11 bits per heavy atom. The van der Waals surface area contributed by atoms with Crippen molar-refractivity contribution >= 4 is 34.9 Å². The minimum absolute atomic E-state index is 0.0187. The lowest BCUT2D eigenvalue weighted by Crippen LogP contribution is -2.42. The van der Waals surface area contributed by atoms with Gasteiger partial charge in [0.15, 0.2) is 5.78 Å². The summed E-state index contributed by atoms with van der Waals surface area (Å²) in [4.78, 5) is 27.0. The first-order valence-corrected chi connectivity index (χ1v) is 10.9. The van der Waals surface area contributed by atoms with Gasteiger partial charge in [-0.25, -0.2) is 0 Å². The Morgan fingerprint density at radius 3 is 2.57 bits per heavy atom. The summed E-state index contributed by atoms with van der Waals surface area (Å²) in [6.45, 7) is 2.65. The molecule has 4 nitrogen and oxygen atoms in total. The fraction of sp³-hybridized carbons (Fsp3) is 0.545. The van der Waals surface area contributed by atoms with Gasteiger partial charge in [-0.3, -0.25) is 14.5 Å². The zero-order chi connectivity index (χ0) is 19.9. The highest BCUT2D eigenvalue weighted by Gasteiger charge is 2.27. The molecule has 0 aromatic heterocycles. The second-order valence-corrected chi connectivity index (χ2v) is 8.57. The fourth-order valence-electron chi connectivity index (χ4n) is 3.99. The molecule has 1 heterocycles. The summed E-state index contributed by atoms with van der Waals surface area (Å²) in [7, 11) is 0. The average molecular weight is 423 g/mol. The van der Waals surface area contributed by atoms with E-state index >= 15 is 0 Å². The van der Waals surface area contributed by atoms with Crippen molar-refractivity contribution < 1.29 is 9.59 Å². The Hall–Kier alpha value is -1.36. The zero-order valence-corrected chi connectivity index (χ0v) is 17.7. The van der Waals surface area contributed by atoms with Crippen molar-refractivity contribution in [2.45, 2.75) is 44.9 Å². The molecule has 6 heteroatoms. The number of carbonyl (C=O) groups excluding carboxylic acids is 2. The molecular formula is C22H28Cl2N2O2. The van der Waals surface area contributed by atoms with Gasteiger partial charge in [0.2, 0.25) is 5.91 Å². The fourth-order valence-corrected chi connectivity index (χ4v) is 4.29. The first-order chi connectivity index (χ1) is 13.5. The average Bonchev–Trinajstić information content (AvgIpc) is 2.71. The topological polar surface area (TPSA) is 49.4 Å². The predicted molar refractivity (Wildman–Crippen MR) is 114 cm³/mol. The van der Waals surface area contributed by atoms with Crippen LogP contribution in [0.3, 0.4) is 0 Å². The highest BCUT2D eigenvalue weighted by molar-refractivity contribution is 6.42. The third kappa shape index (κ3) is 6.07. The van der Waals surface area contributed by atoms with Crippen LogP contribution in [0.4, 0.5) is 0 Å². The molecule has 0 spiro atoms. The van der Waals surface area contributed by atoms with Crippen LogP contribution >= 0.6 is 23.2 Å². The van der Waals surface area contributed by atoms with Gasteiger partial charge in [-0.15, -0.1) is 0 Å². The van der Waals surface area contributed by atoms with Gasteiger partial charge in [0.05, 0.1) is 16.6 Å². The molecule has 28 heavy (non-hydrogen) atoms. The zero-order valence-electron chi connectivity index (χ0n) is 16.2. The summed E-state index contributed by atoms with van der Waals surface area (Å²) in [5.74, 6) is 0.170. The van der Waals surface area contributed by atoms with Crippen LogP contribution in [-0.2, 0) is 4.79 Å². The van der Waals surface area contributed by atoms with E-state index in [1.54, 1.807) is 18.2 Å². The minimum Gasteiger partial charge on any atom is -0.355 e. The molecule has 0 saturated carbocycles. The minimum atomic E-state index is -0.0187. The van der Waals surface area contributed by atoms with Crippen molar-refractivity contribution in [1.82, 2.24) is 10.2 Å². The van der Waals surface area contributed by atoms with Crippen LogP contribution in [0.5, 0.6) is 0 Å². The van der Waals surface area contributed by atoms with Crippen LogP contribution in [-0.4, -0.2) is 42.8 Å². The van der Waals surface area contributed by atoms with Crippen molar-refractivity contribution in [2.75, 3.05) is 26.2 Å². The maximum absolute atomic E-state index is 12.7. The molecule has 2 aliphatic rings. The van der Waals surface area contributed by atoms with E-state index in [1.807, 2.05) is 0 Å². The summed E-state index contributed by atoms with van der Waals surface area (Å²) < 4.78 is 0. The Kier molecular flexibility index (Phi) is 7.95. The van der Waals surface area contributed by atoms with Crippen LogP contribution in [0, 0.1) is 5.92 Å². The number of ketones is 1. The van der Waals surface area contributed by atoms with Crippen LogP contribution in [0.2, 0.25) is 10.0 Å². The smallest absolute Gasteiger partial charge is 0.234 e. The van der Waals surface area contributed by atoms with Crippen LogP contribution < -0.4 is 5.32 Å². The maximum atomic E-state index is 12.7. The Morgan fingerprint density at radius 2 is 1.89 bits per heavy atom. The molecule has 1 N–H and O–H groups in total. The van der Waals surface area contributed by atoms with Gasteiger partial charge in [0.25, 0.3) is 0 Å². The van der Waals surface area contributed by atoms with Gasteiger partial charge >= 0.3 is 0 Å². The third-order valence-electron chi connectivity index (χ3n) is 5.68. The molecule has 0 atom stereocenters. The van der Waals surface area contributed by atoms with Gasteiger partial charge in [-0.1, -0.05) is 34.9 Å². The summed E-state index contributed by atoms with van der Waals surface area (Å²) in [5, 5.41) is 3.90. The molecule has 1 fully saturated rings. The number of hydrogen-bond donors (Lipinski definition) is 1. The monoisotopic (exact) mass is 422 g/mol. The van der Waals surface area contributed by atoms with Crippen LogP contribution in [0.25, 0.3) is 0 Å². The summed E-state index contributed by atoms with van der Waals surface area (Å²) >= 11 is 12.0. The number of amides is 1. The molecule has 1 aliphatic carbocycles. The number of benzene rings is 1. The number of nitrogens with one attached hydrogen (secondary N) is 1. The molecule has 0 unspecified atom stereocenters. The van der Waals surface area contributed by atoms with Gasteiger partial charge in [-0.2, -0.15) is 0 Å². The number of piperidine rings is 1. The number of halogens is 2. The third-order valence-corrected chi connectivity index (χ3v) is 6.42. The van der Waals surface area contributed by atoms with Crippen molar-refractivity contribution in [1.29, 1.82) is 0 Å². The lowest BCUT2D eigenvalue weighted by atomic mass is 9.89. The lowest BCUT2D eigenvalue weighted by molar-refractivity contribution is -0.122. The first kappa shape index (κ1) is 21.4. The van der Waals surface area contributed by atoms with E-state index < -0.39 is 0 Å². The van der Waals surface area contributed by atoms with E-state index in [9.17, 15) is 9.59 Å². The van der Waals surface area contributed by atoms with Gasteiger partial charge in [0, 0.05) is 18.0 Å². The molecule has 0 radical (unpaired) electrons. The summed E-state index contributed by atoms with van der Waals surface area (Å²) in [5.41, 5.74) is 2.09. The molecule has 0 bridgehead atoms. The van der Waals surface area contributed by atoms with E-state index in [4.69, 9.17) is 23.2 Å². The largest absolute Gasteiger partial charge is 0.355 e. The first-order valence-electron chi connectivity index (χ1n) is 10.2. The van der Waals surface area contributed by atoms with Gasteiger partial charge in [0.1, 0.15) is 0 Å². The number of nitrogens with zero attached hydrogens (tertiary/aromatic N) is 1. The quantitative estimate of drug-likeness (QED) is 0.502. The van der Waals surface area contributed by atoms with E-state index in [0.29, 0.717) is 22.2 Å². The Labute approximate surface area is 177 Å². The highest BCUT2D eigenvalue weighted by atomic mass is 35.5. The molecule has 1 aromatic rings. The SMILES string of the molecule is O=C(CN1CCC(C(=O)c2ccc(Cl)c(Cl)c2)CC1)NCCC1=CCCCC1. The van der Waals surface area contributed by atoms with Gasteiger partial charge < -0.3 is 5.32 Å². The molecule has 152 valence electrons. The van der Waals surface area contributed by atoms with E-state index in [1.165, 1.54) is 31.3 Å². The van der Waals surface area contributed by atoms with Crippen LogP contribution in [0.15, 0.2) is 29.8 Å². The molecule has 1 amide bonds. The number of likely N-dealkylation sites (tertiary alicyclic amines) is 1.